The molecular formula is C23H19ClN4O2S2. The lowest BCUT2D eigenvalue weighted by molar-refractivity contribution is -0.124. The molecule has 162 valence electrons. The fourth-order valence-electron chi connectivity index (χ4n) is 4.73. The van der Waals surface area contributed by atoms with Gasteiger partial charge < -0.3 is 4.42 Å². The summed E-state index contributed by atoms with van der Waals surface area (Å²) in [5.74, 6) is 1.17. The van der Waals surface area contributed by atoms with Crippen molar-refractivity contribution in [2.75, 3.05) is 0 Å². The van der Waals surface area contributed by atoms with Crippen molar-refractivity contribution in [2.24, 2.45) is 16.3 Å². The molecule has 4 aromatic rings. The van der Waals surface area contributed by atoms with Crippen molar-refractivity contribution >= 4 is 62.2 Å². The van der Waals surface area contributed by atoms with E-state index in [9.17, 15) is 4.79 Å². The Morgan fingerprint density at radius 2 is 2.09 bits per heavy atom. The summed E-state index contributed by atoms with van der Waals surface area (Å²) >= 11 is 9.16. The van der Waals surface area contributed by atoms with E-state index in [-0.39, 0.29) is 23.0 Å². The molecule has 2 unspecified atom stereocenters. The zero-order chi connectivity index (χ0) is 22.0. The lowest BCUT2D eigenvalue weighted by Gasteiger charge is -2.39. The number of H-pyrrole nitrogens is 1. The van der Waals surface area contributed by atoms with Crippen LogP contribution in [0.25, 0.3) is 10.2 Å². The van der Waals surface area contributed by atoms with Gasteiger partial charge in [-0.25, -0.2) is 9.98 Å². The molecule has 2 atom stereocenters. The molecule has 3 aromatic heterocycles. The number of nitrogens with zero attached hydrogens (tertiary/aromatic N) is 3. The number of aromatic nitrogens is 3. The smallest absolute Gasteiger partial charge is 0.167 e. The van der Waals surface area contributed by atoms with Gasteiger partial charge in [-0.1, -0.05) is 25.4 Å². The molecule has 2 aliphatic rings. The van der Waals surface area contributed by atoms with Crippen LogP contribution in [0.4, 0.5) is 5.82 Å². The van der Waals surface area contributed by atoms with E-state index in [2.05, 4.69) is 29.0 Å². The first kappa shape index (κ1) is 20.2. The second-order valence-corrected chi connectivity index (χ2v) is 11.8. The highest BCUT2D eigenvalue weighted by Gasteiger charge is 2.47. The van der Waals surface area contributed by atoms with E-state index < -0.39 is 0 Å². The number of carbonyl (C=O) groups is 1. The minimum atomic E-state index is -0.304. The summed E-state index contributed by atoms with van der Waals surface area (Å²) in [6, 6.07) is 9.62. The highest BCUT2D eigenvalue weighted by Crippen LogP contribution is 2.49. The van der Waals surface area contributed by atoms with E-state index in [4.69, 9.17) is 21.0 Å². The first-order valence-corrected chi connectivity index (χ1v) is 12.3. The number of nitrogens with one attached hydrogen (secondary N) is 1. The molecule has 9 heteroatoms. The number of ketones is 1. The van der Waals surface area contributed by atoms with Crippen molar-refractivity contribution < 1.29 is 9.21 Å². The molecule has 32 heavy (non-hydrogen) atoms. The number of Topliss-reactive ketones (excluding diaryl/α,β-unsaturated/α-hetero) is 1. The van der Waals surface area contributed by atoms with Gasteiger partial charge in [0.2, 0.25) is 0 Å². The van der Waals surface area contributed by atoms with Gasteiger partial charge in [0.25, 0.3) is 0 Å². The Bertz CT molecular complexity index is 1400. The fourth-order valence-corrected chi connectivity index (χ4v) is 6.85. The molecule has 6 nitrogen and oxygen atoms in total. The quantitative estimate of drug-likeness (QED) is 0.353. The zero-order valence-electron chi connectivity index (χ0n) is 17.4. The van der Waals surface area contributed by atoms with Crippen LogP contribution in [0.3, 0.4) is 0 Å². The Morgan fingerprint density at radius 1 is 1.22 bits per heavy atom. The summed E-state index contributed by atoms with van der Waals surface area (Å²) in [7, 11) is 0. The maximum absolute atomic E-state index is 13.2. The average Bonchev–Trinajstić information content (AvgIpc) is 3.44. The molecule has 0 radical (unpaired) electrons. The van der Waals surface area contributed by atoms with Gasteiger partial charge in [-0.3, -0.25) is 9.89 Å². The Balaban J connectivity index is 1.34. The Hall–Kier alpha value is -2.42. The molecule has 1 aliphatic heterocycles. The number of halogens is 1. The number of aliphatic imine (C=N–C) groups is 1. The molecule has 1 saturated carbocycles. The van der Waals surface area contributed by atoms with Gasteiger partial charge in [-0.2, -0.15) is 5.10 Å². The van der Waals surface area contributed by atoms with Crippen molar-refractivity contribution in [3.05, 3.63) is 52.9 Å². The molecule has 4 heterocycles. The largest absolute Gasteiger partial charge is 0.454 e. The van der Waals surface area contributed by atoms with Gasteiger partial charge in [0, 0.05) is 22.7 Å². The van der Waals surface area contributed by atoms with Gasteiger partial charge in [0.05, 0.1) is 28.2 Å². The van der Waals surface area contributed by atoms with Gasteiger partial charge >= 0.3 is 0 Å². The Labute approximate surface area is 197 Å². The van der Waals surface area contributed by atoms with Crippen LogP contribution >= 0.6 is 34.7 Å². The van der Waals surface area contributed by atoms with Crippen LogP contribution in [0.5, 0.6) is 0 Å². The predicted octanol–water partition coefficient (Wildman–Crippen LogP) is 6.64. The van der Waals surface area contributed by atoms with Crippen molar-refractivity contribution in [3.8, 4) is 0 Å². The van der Waals surface area contributed by atoms with E-state index in [1.165, 1.54) is 11.8 Å². The molecule has 1 fully saturated rings. The van der Waals surface area contributed by atoms with Gasteiger partial charge in [0.1, 0.15) is 11.5 Å². The highest BCUT2D eigenvalue weighted by atomic mass is 35.5. The van der Waals surface area contributed by atoms with E-state index in [0.29, 0.717) is 11.4 Å². The third kappa shape index (κ3) is 3.41. The van der Waals surface area contributed by atoms with Crippen LogP contribution in [0.1, 0.15) is 43.9 Å². The summed E-state index contributed by atoms with van der Waals surface area (Å²) in [6.45, 7) is 4.24. The second kappa shape index (κ2) is 7.30. The molecule has 0 spiro atoms. The average molecular weight is 483 g/mol. The van der Waals surface area contributed by atoms with Crippen LogP contribution in [-0.4, -0.2) is 26.7 Å². The third-order valence-electron chi connectivity index (χ3n) is 6.02. The molecule has 1 N–H and O–H groups in total. The number of benzene rings is 1. The molecule has 0 saturated heterocycles. The number of carbonyl (C=O) groups excluding carboxylic acids is 1. The topological polar surface area (TPSA) is 84.1 Å². The number of hydrogen-bond acceptors (Lipinski definition) is 7. The van der Waals surface area contributed by atoms with Crippen LogP contribution < -0.4 is 0 Å². The number of hydrogen-bond donors (Lipinski definition) is 1. The van der Waals surface area contributed by atoms with Crippen LogP contribution in [-0.2, 0) is 4.79 Å². The summed E-state index contributed by atoms with van der Waals surface area (Å²) in [6.07, 6.45) is 3.09. The number of furan rings is 1. The van der Waals surface area contributed by atoms with Crippen molar-refractivity contribution in [1.82, 2.24) is 15.2 Å². The molecule has 1 aliphatic carbocycles. The summed E-state index contributed by atoms with van der Waals surface area (Å²) in [5, 5.41) is 8.59. The Kier molecular flexibility index (Phi) is 4.61. The number of fused-ring (bicyclic) bond motifs is 3. The maximum Gasteiger partial charge on any atom is 0.167 e. The normalized spacial score (nSPS) is 22.0. The van der Waals surface area contributed by atoms with Crippen molar-refractivity contribution in [2.45, 2.75) is 42.0 Å². The maximum atomic E-state index is 13.2. The van der Waals surface area contributed by atoms with Crippen LogP contribution in [0.2, 0.25) is 5.02 Å². The monoisotopic (exact) mass is 482 g/mol. The van der Waals surface area contributed by atoms with Gasteiger partial charge in [0.15, 0.2) is 15.2 Å². The second-order valence-electron chi connectivity index (χ2n) is 9.07. The van der Waals surface area contributed by atoms with Crippen molar-refractivity contribution in [1.29, 1.82) is 0 Å². The summed E-state index contributed by atoms with van der Waals surface area (Å²) in [4.78, 5) is 22.6. The third-order valence-corrected chi connectivity index (χ3v) is 8.27. The van der Waals surface area contributed by atoms with Crippen LogP contribution in [0, 0.1) is 11.3 Å². The summed E-state index contributed by atoms with van der Waals surface area (Å²) in [5.41, 5.74) is 2.62. The molecule has 0 amide bonds. The van der Waals surface area contributed by atoms with E-state index in [1.54, 1.807) is 17.5 Å². The molecule has 1 aromatic carbocycles. The summed E-state index contributed by atoms with van der Waals surface area (Å²) < 4.78 is 8.24. The van der Waals surface area contributed by atoms with Gasteiger partial charge in [-0.15, -0.1) is 11.3 Å². The molecule has 0 bridgehead atoms. The highest BCUT2D eigenvalue weighted by molar-refractivity contribution is 8.01. The molecule has 6 rings (SSSR count). The first-order valence-electron chi connectivity index (χ1n) is 10.3. The zero-order valence-corrected chi connectivity index (χ0v) is 19.8. The lowest BCUT2D eigenvalue weighted by atomic mass is 9.65. The molecular weight excluding hydrogens is 464 g/mol. The Morgan fingerprint density at radius 3 is 2.97 bits per heavy atom. The van der Waals surface area contributed by atoms with Crippen molar-refractivity contribution in [3.63, 3.8) is 0 Å². The minimum Gasteiger partial charge on any atom is -0.454 e. The number of thiazole rings is 1. The lowest BCUT2D eigenvalue weighted by Crippen LogP contribution is -2.42. The van der Waals surface area contributed by atoms with E-state index in [0.717, 1.165) is 48.9 Å². The van der Waals surface area contributed by atoms with E-state index in [1.807, 2.05) is 30.3 Å². The predicted molar refractivity (Wildman–Crippen MR) is 126 cm³/mol. The number of aromatic amines is 1. The standard InChI is InChI=1S/C23H19ClN4O2S2/c1-23(2)8-14-20(15(29)9-23)19(12-10-25-28-21(12)26-14)16-4-6-18(30-16)32-22-27-13-7-11(24)3-5-17(13)31-22/h3-7,10,19-20H,8-9H2,1-2H3,(H,25,28). The van der Waals surface area contributed by atoms with Crippen LogP contribution in [0.15, 0.2) is 55.4 Å². The van der Waals surface area contributed by atoms with Gasteiger partial charge in [-0.05, 0) is 53.9 Å². The fraction of sp³-hybridized carbons (Fsp3) is 0.304. The number of rotatable bonds is 3. The van der Waals surface area contributed by atoms with E-state index >= 15 is 0 Å². The SMILES string of the molecule is CC1(C)CC(=O)C2C(=Nc3[nH]ncc3C2c2ccc(Sc3nc4cc(Cl)ccc4s3)o2)C1. The first-order chi connectivity index (χ1) is 15.4. The minimum absolute atomic E-state index is 0.0889.